The Hall–Kier alpha value is -2.53. The second kappa shape index (κ2) is 8.65. The van der Waals surface area contributed by atoms with Crippen LogP contribution in [0.2, 0.25) is 0 Å². The van der Waals surface area contributed by atoms with Crippen molar-refractivity contribution in [1.29, 1.82) is 0 Å². The molecule has 0 bridgehead atoms. The van der Waals surface area contributed by atoms with Gasteiger partial charge in [0.05, 0.1) is 10.6 Å². The number of hydrogen-bond acceptors (Lipinski definition) is 6. The van der Waals surface area contributed by atoms with E-state index in [2.05, 4.69) is 5.32 Å². The molecule has 0 aliphatic heterocycles. The minimum absolute atomic E-state index is 0.0453. The molecule has 152 valence electrons. The number of anilines is 1. The topological polar surface area (TPSA) is 107 Å². The van der Waals surface area contributed by atoms with E-state index in [0.717, 1.165) is 30.5 Å². The van der Waals surface area contributed by atoms with Crippen LogP contribution in [0.4, 0.5) is 14.5 Å². The van der Waals surface area contributed by atoms with Gasteiger partial charge in [-0.25, -0.2) is 16.8 Å². The van der Waals surface area contributed by atoms with E-state index in [9.17, 15) is 30.4 Å². The third kappa shape index (κ3) is 5.99. The summed E-state index contributed by atoms with van der Waals surface area (Å²) in [4.78, 5) is 11.7. The molecule has 7 nitrogen and oxygen atoms in total. The highest BCUT2D eigenvalue weighted by Gasteiger charge is 2.26. The van der Waals surface area contributed by atoms with E-state index in [-0.39, 0.29) is 17.9 Å². The molecule has 0 aliphatic carbocycles. The SMILES string of the molecule is CS(=O)(=O)CCOc1cccc(NC(=O)c2ccc(S(=O)(=O)C(F)F)cc2)c1. The molecule has 0 fully saturated rings. The fraction of sp³-hybridized carbons (Fsp3) is 0.235. The molecule has 1 N–H and O–H groups in total. The van der Waals surface area contributed by atoms with Crippen LogP contribution in [-0.4, -0.2) is 47.1 Å². The van der Waals surface area contributed by atoms with Crippen LogP contribution >= 0.6 is 0 Å². The molecule has 1 amide bonds. The second-order valence-corrected chi connectivity index (χ2v) is 9.97. The van der Waals surface area contributed by atoms with Crippen LogP contribution in [0.3, 0.4) is 0 Å². The molecule has 11 heteroatoms. The lowest BCUT2D eigenvalue weighted by Crippen LogP contribution is -2.14. The molecule has 0 radical (unpaired) electrons. The molecule has 0 saturated heterocycles. The average Bonchev–Trinajstić information content (AvgIpc) is 2.61. The fourth-order valence-corrected chi connectivity index (χ4v) is 3.18. The van der Waals surface area contributed by atoms with E-state index in [0.29, 0.717) is 11.4 Å². The van der Waals surface area contributed by atoms with Crippen molar-refractivity contribution >= 4 is 31.3 Å². The number of rotatable bonds is 8. The summed E-state index contributed by atoms with van der Waals surface area (Å²) in [6.07, 6.45) is 1.09. The van der Waals surface area contributed by atoms with Gasteiger partial charge < -0.3 is 10.1 Å². The predicted molar refractivity (Wildman–Crippen MR) is 99.2 cm³/mol. The number of halogens is 2. The van der Waals surface area contributed by atoms with Crippen molar-refractivity contribution in [1.82, 2.24) is 0 Å². The maximum Gasteiger partial charge on any atom is 0.341 e. The highest BCUT2D eigenvalue weighted by molar-refractivity contribution is 7.91. The zero-order valence-corrected chi connectivity index (χ0v) is 16.3. The molecule has 0 atom stereocenters. The summed E-state index contributed by atoms with van der Waals surface area (Å²) < 4.78 is 75.3. The summed E-state index contributed by atoms with van der Waals surface area (Å²) in [7, 11) is -7.89. The summed E-state index contributed by atoms with van der Waals surface area (Å²) in [5, 5.41) is 2.55. The number of hydrogen-bond donors (Lipinski definition) is 1. The van der Waals surface area contributed by atoms with E-state index >= 15 is 0 Å². The standard InChI is InChI=1S/C17H17F2NO6S2/c1-27(22,23)10-9-26-14-4-2-3-13(11-14)20-16(21)12-5-7-15(8-6-12)28(24,25)17(18)19/h2-8,11,17H,9-10H2,1H3,(H,20,21). The molecule has 0 aromatic heterocycles. The van der Waals surface area contributed by atoms with Gasteiger partial charge in [0, 0.05) is 23.6 Å². The van der Waals surface area contributed by atoms with Crippen molar-refractivity contribution in [2.45, 2.75) is 10.7 Å². The first kappa shape index (κ1) is 21.8. The zero-order valence-electron chi connectivity index (χ0n) is 14.6. The first-order valence-corrected chi connectivity index (χ1v) is 11.4. The van der Waals surface area contributed by atoms with E-state index in [1.54, 1.807) is 18.2 Å². The lowest BCUT2D eigenvalue weighted by molar-refractivity contribution is 0.102. The van der Waals surface area contributed by atoms with Crippen LogP contribution in [-0.2, 0) is 19.7 Å². The fourth-order valence-electron chi connectivity index (χ4n) is 2.08. The molecule has 0 unspecified atom stereocenters. The van der Waals surface area contributed by atoms with Gasteiger partial charge in [-0.15, -0.1) is 0 Å². The van der Waals surface area contributed by atoms with Crippen LogP contribution in [0.25, 0.3) is 0 Å². The van der Waals surface area contributed by atoms with Crippen molar-refractivity contribution in [3.8, 4) is 5.75 Å². The van der Waals surface area contributed by atoms with Crippen molar-refractivity contribution in [3.63, 3.8) is 0 Å². The Bertz CT molecular complexity index is 1050. The van der Waals surface area contributed by atoms with Crippen molar-refractivity contribution in [3.05, 3.63) is 54.1 Å². The molecule has 2 aromatic carbocycles. The molecule has 0 aliphatic rings. The molecule has 2 aromatic rings. The lowest BCUT2D eigenvalue weighted by atomic mass is 10.2. The van der Waals surface area contributed by atoms with Crippen molar-refractivity contribution < 1.29 is 35.1 Å². The summed E-state index contributed by atoms with van der Waals surface area (Å²) in [6.45, 7) is -0.0453. The van der Waals surface area contributed by atoms with E-state index in [1.165, 1.54) is 6.07 Å². The number of amides is 1. The van der Waals surface area contributed by atoms with Gasteiger partial charge in [-0.1, -0.05) is 6.07 Å². The van der Waals surface area contributed by atoms with Gasteiger partial charge in [0.2, 0.25) is 9.84 Å². The normalized spacial score (nSPS) is 12.0. The Balaban J connectivity index is 2.06. The number of nitrogens with one attached hydrogen (secondary N) is 1. The molecule has 2 rings (SSSR count). The summed E-state index contributed by atoms with van der Waals surface area (Å²) in [5.74, 6) is -3.94. The van der Waals surface area contributed by atoms with Gasteiger partial charge in [0.25, 0.3) is 5.91 Å². The van der Waals surface area contributed by atoms with Gasteiger partial charge in [-0.05, 0) is 36.4 Å². The van der Waals surface area contributed by atoms with Gasteiger partial charge >= 0.3 is 5.76 Å². The van der Waals surface area contributed by atoms with Crippen LogP contribution in [0.5, 0.6) is 5.75 Å². The third-order valence-corrected chi connectivity index (χ3v) is 5.80. The molecule has 0 spiro atoms. The molecule has 0 heterocycles. The number of benzene rings is 2. The minimum atomic E-state index is -4.73. The van der Waals surface area contributed by atoms with E-state index in [1.807, 2.05) is 0 Å². The van der Waals surface area contributed by atoms with E-state index < -0.39 is 36.2 Å². The number of carbonyl (C=O) groups excluding carboxylic acids is 1. The number of ether oxygens (including phenoxy) is 1. The van der Waals surface area contributed by atoms with Gasteiger partial charge in [-0.2, -0.15) is 8.78 Å². The Kier molecular flexibility index (Phi) is 6.73. The maximum absolute atomic E-state index is 12.5. The lowest BCUT2D eigenvalue weighted by Gasteiger charge is -2.09. The van der Waals surface area contributed by atoms with Crippen LogP contribution in [0.1, 0.15) is 10.4 Å². The smallest absolute Gasteiger partial charge is 0.341 e. The van der Waals surface area contributed by atoms with Crippen LogP contribution in [0, 0.1) is 0 Å². The monoisotopic (exact) mass is 433 g/mol. The van der Waals surface area contributed by atoms with E-state index in [4.69, 9.17) is 4.74 Å². The second-order valence-electron chi connectivity index (χ2n) is 5.79. The van der Waals surface area contributed by atoms with Gasteiger partial charge in [0.1, 0.15) is 12.4 Å². The first-order chi connectivity index (χ1) is 13.0. The highest BCUT2D eigenvalue weighted by atomic mass is 32.2. The largest absolute Gasteiger partial charge is 0.492 e. The number of alkyl halides is 2. The summed E-state index contributed by atoms with van der Waals surface area (Å²) in [5.41, 5.74) is 0.419. The summed E-state index contributed by atoms with van der Waals surface area (Å²) in [6, 6.07) is 10.3. The van der Waals surface area contributed by atoms with Crippen molar-refractivity contribution in [2.75, 3.05) is 23.9 Å². The highest BCUT2D eigenvalue weighted by Crippen LogP contribution is 2.21. The van der Waals surface area contributed by atoms with Crippen molar-refractivity contribution in [2.24, 2.45) is 0 Å². The predicted octanol–water partition coefficient (Wildman–Crippen LogP) is 2.36. The van der Waals surface area contributed by atoms with Gasteiger partial charge in [0.15, 0.2) is 9.84 Å². The van der Waals surface area contributed by atoms with Crippen LogP contribution < -0.4 is 10.1 Å². The quantitative estimate of drug-likeness (QED) is 0.685. The first-order valence-electron chi connectivity index (χ1n) is 7.83. The Morgan fingerprint density at radius 1 is 1.07 bits per heavy atom. The Morgan fingerprint density at radius 3 is 2.29 bits per heavy atom. The average molecular weight is 433 g/mol. The number of carbonyl (C=O) groups is 1. The maximum atomic E-state index is 12.5. The third-order valence-electron chi connectivity index (χ3n) is 3.49. The molecule has 0 saturated carbocycles. The minimum Gasteiger partial charge on any atom is -0.492 e. The molecular formula is C17H17F2NO6S2. The molecule has 28 heavy (non-hydrogen) atoms. The van der Waals surface area contributed by atoms with Gasteiger partial charge in [-0.3, -0.25) is 4.79 Å². The number of sulfone groups is 2. The molecular weight excluding hydrogens is 416 g/mol. The van der Waals surface area contributed by atoms with Crippen LogP contribution in [0.15, 0.2) is 53.4 Å². The Morgan fingerprint density at radius 2 is 1.71 bits per heavy atom. The Labute approximate surface area is 161 Å². The zero-order chi connectivity index (χ0) is 20.9. The summed E-state index contributed by atoms with van der Waals surface area (Å²) >= 11 is 0.